The van der Waals surface area contributed by atoms with Crippen molar-refractivity contribution in [3.8, 4) is 0 Å². The molecule has 17 heavy (non-hydrogen) atoms. The van der Waals surface area contributed by atoms with Gasteiger partial charge >= 0.3 is 0 Å². The van der Waals surface area contributed by atoms with E-state index in [1.165, 1.54) is 12.8 Å². The van der Waals surface area contributed by atoms with Gasteiger partial charge in [0.25, 0.3) is 0 Å². The molecule has 1 aliphatic heterocycles. The van der Waals surface area contributed by atoms with Crippen LogP contribution < -0.4 is 5.32 Å². The minimum absolute atomic E-state index is 0.0960. The van der Waals surface area contributed by atoms with Gasteiger partial charge in [0.15, 0.2) is 5.78 Å². The van der Waals surface area contributed by atoms with Crippen LogP contribution in [0.3, 0.4) is 0 Å². The van der Waals surface area contributed by atoms with Crippen LogP contribution in [-0.2, 0) is 0 Å². The number of hydrogen-bond acceptors (Lipinski definition) is 4. The van der Waals surface area contributed by atoms with Crippen molar-refractivity contribution in [1.29, 1.82) is 0 Å². The van der Waals surface area contributed by atoms with Crippen LogP contribution in [0.4, 0.5) is 0 Å². The summed E-state index contributed by atoms with van der Waals surface area (Å²) in [6, 6.07) is 5.92. The molecule has 2 rings (SSSR count). The van der Waals surface area contributed by atoms with Crippen LogP contribution in [-0.4, -0.2) is 48.4 Å². The highest BCUT2D eigenvalue weighted by atomic mass is 16.1. The van der Waals surface area contributed by atoms with Gasteiger partial charge in [0, 0.05) is 18.8 Å². The van der Waals surface area contributed by atoms with Crippen molar-refractivity contribution in [2.45, 2.75) is 18.9 Å². The van der Waals surface area contributed by atoms with E-state index >= 15 is 0 Å². The van der Waals surface area contributed by atoms with Gasteiger partial charge in [-0.2, -0.15) is 0 Å². The van der Waals surface area contributed by atoms with Gasteiger partial charge in [0.1, 0.15) is 5.69 Å². The van der Waals surface area contributed by atoms with E-state index in [2.05, 4.69) is 15.2 Å². The number of likely N-dealkylation sites (N-methyl/N-ethyl adjacent to an activating group) is 1. The number of ketones is 1. The van der Waals surface area contributed by atoms with Gasteiger partial charge in [0.05, 0.1) is 6.54 Å². The number of carbonyl (C=O) groups is 1. The normalized spacial score (nSPS) is 20.5. The second-order valence-electron chi connectivity index (χ2n) is 4.55. The van der Waals surface area contributed by atoms with Gasteiger partial charge in [-0.1, -0.05) is 6.07 Å². The Hall–Kier alpha value is -1.26. The summed E-state index contributed by atoms with van der Waals surface area (Å²) >= 11 is 0. The highest BCUT2D eigenvalue weighted by Crippen LogP contribution is 2.09. The number of Topliss-reactive ketones (excluding diaryl/α,β-unsaturated/α-hetero) is 1. The number of rotatable bonds is 4. The summed E-state index contributed by atoms with van der Waals surface area (Å²) in [5, 5.41) is 3.36. The fourth-order valence-electron chi connectivity index (χ4n) is 2.17. The minimum atomic E-state index is 0.0960. The lowest BCUT2D eigenvalue weighted by Crippen LogP contribution is -2.45. The lowest BCUT2D eigenvalue weighted by Gasteiger charge is -2.31. The fourth-order valence-corrected chi connectivity index (χ4v) is 2.17. The molecule has 1 aromatic rings. The average Bonchev–Trinajstić information content (AvgIpc) is 2.40. The van der Waals surface area contributed by atoms with Crippen LogP contribution in [0.2, 0.25) is 0 Å². The molecule has 4 nitrogen and oxygen atoms in total. The third-order valence-electron chi connectivity index (χ3n) is 3.24. The maximum absolute atomic E-state index is 12.0. The Labute approximate surface area is 102 Å². The lowest BCUT2D eigenvalue weighted by atomic mass is 10.1. The van der Waals surface area contributed by atoms with Crippen LogP contribution in [0.15, 0.2) is 24.4 Å². The van der Waals surface area contributed by atoms with Gasteiger partial charge in [-0.05, 0) is 38.6 Å². The maximum Gasteiger partial charge on any atom is 0.195 e. The Bertz CT molecular complexity index is 360. The van der Waals surface area contributed by atoms with E-state index in [4.69, 9.17) is 0 Å². The summed E-state index contributed by atoms with van der Waals surface area (Å²) in [5.41, 5.74) is 0.558. The van der Waals surface area contributed by atoms with Crippen molar-refractivity contribution in [2.24, 2.45) is 0 Å². The summed E-state index contributed by atoms with van der Waals surface area (Å²) in [7, 11) is 2.01. The topological polar surface area (TPSA) is 45.2 Å². The predicted molar refractivity (Wildman–Crippen MR) is 67.1 cm³/mol. The Kier molecular flexibility index (Phi) is 4.23. The van der Waals surface area contributed by atoms with Gasteiger partial charge in [-0.3, -0.25) is 14.7 Å². The van der Waals surface area contributed by atoms with Crippen molar-refractivity contribution in [3.05, 3.63) is 30.1 Å². The standard InChI is InChI=1S/C13H19N3O/c1-16(11-5-4-7-14-9-11)10-13(17)12-6-2-3-8-15-12/h2-3,6,8,11,14H,4-5,7,9-10H2,1H3/t11-/m0/s1. The number of carbonyl (C=O) groups excluding carboxylic acids is 1. The number of aromatic nitrogens is 1. The second kappa shape index (κ2) is 5.89. The van der Waals surface area contributed by atoms with E-state index in [1.807, 2.05) is 19.2 Å². The molecule has 0 bridgehead atoms. The zero-order valence-electron chi connectivity index (χ0n) is 10.2. The third kappa shape index (κ3) is 3.35. The van der Waals surface area contributed by atoms with Gasteiger partial charge in [0.2, 0.25) is 0 Å². The zero-order chi connectivity index (χ0) is 12.1. The number of pyridine rings is 1. The molecule has 0 unspecified atom stereocenters. The van der Waals surface area contributed by atoms with Crippen LogP contribution in [0.1, 0.15) is 23.3 Å². The van der Waals surface area contributed by atoms with Crippen molar-refractivity contribution in [1.82, 2.24) is 15.2 Å². The number of nitrogens with zero attached hydrogens (tertiary/aromatic N) is 2. The number of piperidine rings is 1. The van der Waals surface area contributed by atoms with E-state index in [1.54, 1.807) is 12.3 Å². The molecule has 2 heterocycles. The molecule has 0 aromatic carbocycles. The van der Waals surface area contributed by atoms with Crippen molar-refractivity contribution >= 4 is 5.78 Å². The minimum Gasteiger partial charge on any atom is -0.315 e. The molecule has 1 atom stereocenters. The monoisotopic (exact) mass is 233 g/mol. The molecule has 1 saturated heterocycles. The second-order valence-corrected chi connectivity index (χ2v) is 4.55. The Balaban J connectivity index is 1.89. The third-order valence-corrected chi connectivity index (χ3v) is 3.24. The maximum atomic E-state index is 12.0. The van der Waals surface area contributed by atoms with Crippen molar-refractivity contribution < 1.29 is 4.79 Å². The number of hydrogen-bond donors (Lipinski definition) is 1. The first-order valence-electron chi connectivity index (χ1n) is 6.12. The highest BCUT2D eigenvalue weighted by molar-refractivity contribution is 5.95. The molecule has 1 aromatic heterocycles. The first kappa shape index (κ1) is 12.2. The molecular formula is C13H19N3O. The molecule has 0 aliphatic carbocycles. The van der Waals surface area contributed by atoms with Gasteiger partial charge < -0.3 is 5.32 Å². The predicted octanol–water partition coefficient (Wildman–Crippen LogP) is 0.948. The average molecular weight is 233 g/mol. The summed E-state index contributed by atoms with van der Waals surface area (Å²) < 4.78 is 0. The summed E-state index contributed by atoms with van der Waals surface area (Å²) in [5.74, 6) is 0.0960. The molecule has 1 fully saturated rings. The molecule has 0 saturated carbocycles. The molecular weight excluding hydrogens is 214 g/mol. The largest absolute Gasteiger partial charge is 0.315 e. The molecule has 0 amide bonds. The molecule has 1 aliphatic rings. The van der Waals surface area contributed by atoms with Crippen LogP contribution >= 0.6 is 0 Å². The van der Waals surface area contributed by atoms with Gasteiger partial charge in [-0.15, -0.1) is 0 Å². The molecule has 4 heteroatoms. The first-order valence-corrected chi connectivity index (χ1v) is 6.12. The highest BCUT2D eigenvalue weighted by Gasteiger charge is 2.20. The first-order chi connectivity index (χ1) is 8.27. The molecule has 92 valence electrons. The van der Waals surface area contributed by atoms with E-state index < -0.39 is 0 Å². The SMILES string of the molecule is CN(CC(=O)c1ccccn1)[C@H]1CCCNC1. The fraction of sp³-hybridized carbons (Fsp3) is 0.538. The summed E-state index contributed by atoms with van der Waals surface area (Å²) in [4.78, 5) is 18.2. The lowest BCUT2D eigenvalue weighted by molar-refractivity contribution is 0.0902. The van der Waals surface area contributed by atoms with Crippen molar-refractivity contribution in [3.63, 3.8) is 0 Å². The molecule has 1 N–H and O–H groups in total. The Morgan fingerprint density at radius 3 is 3.12 bits per heavy atom. The van der Waals surface area contributed by atoms with Crippen LogP contribution in [0, 0.1) is 0 Å². The summed E-state index contributed by atoms with van der Waals surface area (Å²) in [6.07, 6.45) is 4.02. The smallest absolute Gasteiger partial charge is 0.195 e. The van der Waals surface area contributed by atoms with Gasteiger partial charge in [-0.25, -0.2) is 0 Å². The van der Waals surface area contributed by atoms with E-state index in [-0.39, 0.29) is 5.78 Å². The van der Waals surface area contributed by atoms with Crippen molar-refractivity contribution in [2.75, 3.05) is 26.7 Å². The molecule has 0 radical (unpaired) electrons. The van der Waals surface area contributed by atoms with Crippen LogP contribution in [0.5, 0.6) is 0 Å². The number of nitrogens with one attached hydrogen (secondary N) is 1. The van der Waals surface area contributed by atoms with E-state index in [0.717, 1.165) is 13.1 Å². The Morgan fingerprint density at radius 1 is 1.59 bits per heavy atom. The van der Waals surface area contributed by atoms with E-state index in [9.17, 15) is 4.79 Å². The Morgan fingerprint density at radius 2 is 2.47 bits per heavy atom. The van der Waals surface area contributed by atoms with Crippen LogP contribution in [0.25, 0.3) is 0 Å². The summed E-state index contributed by atoms with van der Waals surface area (Å²) in [6.45, 7) is 2.52. The molecule has 0 spiro atoms. The van der Waals surface area contributed by atoms with E-state index in [0.29, 0.717) is 18.3 Å². The zero-order valence-corrected chi connectivity index (χ0v) is 10.2. The quantitative estimate of drug-likeness (QED) is 0.786.